The lowest BCUT2D eigenvalue weighted by Crippen LogP contribution is -2.56. The highest BCUT2D eigenvalue weighted by atomic mass is 16.2. The summed E-state index contributed by atoms with van der Waals surface area (Å²) in [6, 6.07) is 10.3. The standard InChI is InChI=1S/C23H31N5O/c1-17-11-14-28(22(29)24-15-18-7-5-4-6-8-18)16-21(17)27(3)20-10-13-26-23(2)19(20)9-12-25-23/h4-10,12-13,17,21,25-26H,11,14-16H2,1-3H3,(H,24,29)/t17-,21?,23?/m1/s1. The van der Waals surface area contributed by atoms with Crippen molar-refractivity contribution in [3.8, 4) is 0 Å². The Bertz CT molecular complexity index is 846. The molecule has 0 aliphatic carbocycles. The van der Waals surface area contributed by atoms with Crippen molar-refractivity contribution in [2.45, 2.75) is 38.5 Å². The maximum absolute atomic E-state index is 12.8. The summed E-state index contributed by atoms with van der Waals surface area (Å²) < 4.78 is 0. The van der Waals surface area contributed by atoms with Crippen LogP contribution in [0.5, 0.6) is 0 Å². The summed E-state index contributed by atoms with van der Waals surface area (Å²) in [6.45, 7) is 6.52. The lowest BCUT2D eigenvalue weighted by Gasteiger charge is -2.44. The SMILES string of the molecule is C[C@@H]1CCN(C(=O)NCc2ccccc2)CC1N(C)C1=C2C=CNC2(C)NC=C1. The number of nitrogens with one attached hydrogen (secondary N) is 3. The molecule has 29 heavy (non-hydrogen) atoms. The highest BCUT2D eigenvalue weighted by Crippen LogP contribution is 2.32. The van der Waals surface area contributed by atoms with Crippen LogP contribution in [-0.4, -0.2) is 47.7 Å². The molecule has 1 fully saturated rings. The molecule has 1 aromatic carbocycles. The van der Waals surface area contributed by atoms with Crippen molar-refractivity contribution in [3.05, 3.63) is 71.7 Å². The molecule has 4 rings (SSSR count). The smallest absolute Gasteiger partial charge is 0.317 e. The molecule has 0 aromatic heterocycles. The minimum Gasteiger partial charge on any atom is -0.369 e. The van der Waals surface area contributed by atoms with E-state index in [-0.39, 0.29) is 17.7 Å². The Hall–Kier alpha value is -2.89. The van der Waals surface area contributed by atoms with E-state index in [1.165, 1.54) is 11.3 Å². The molecule has 2 unspecified atom stereocenters. The molecular formula is C23H31N5O. The number of amides is 2. The quantitative estimate of drug-likeness (QED) is 0.736. The third-order valence-electron chi connectivity index (χ3n) is 6.42. The van der Waals surface area contributed by atoms with Gasteiger partial charge in [-0.3, -0.25) is 0 Å². The number of dihydropyridines is 1. The molecule has 6 heteroatoms. The Morgan fingerprint density at radius 3 is 2.72 bits per heavy atom. The van der Waals surface area contributed by atoms with Gasteiger partial charge in [0.25, 0.3) is 0 Å². The van der Waals surface area contributed by atoms with Crippen molar-refractivity contribution in [2.24, 2.45) is 5.92 Å². The van der Waals surface area contributed by atoms with E-state index >= 15 is 0 Å². The van der Waals surface area contributed by atoms with Gasteiger partial charge in [-0.1, -0.05) is 37.3 Å². The van der Waals surface area contributed by atoms with Gasteiger partial charge >= 0.3 is 6.03 Å². The molecule has 6 nitrogen and oxygen atoms in total. The molecule has 2 amide bonds. The maximum Gasteiger partial charge on any atom is 0.317 e. The number of hydrogen-bond acceptors (Lipinski definition) is 4. The minimum absolute atomic E-state index is 0.0185. The average molecular weight is 394 g/mol. The van der Waals surface area contributed by atoms with Crippen LogP contribution in [0.2, 0.25) is 0 Å². The molecule has 3 N–H and O–H groups in total. The summed E-state index contributed by atoms with van der Waals surface area (Å²) in [6.07, 6.45) is 9.28. The molecule has 1 saturated heterocycles. The largest absolute Gasteiger partial charge is 0.369 e. The van der Waals surface area contributed by atoms with Crippen molar-refractivity contribution in [3.63, 3.8) is 0 Å². The lowest BCUT2D eigenvalue weighted by molar-refractivity contribution is 0.108. The van der Waals surface area contributed by atoms with Crippen LogP contribution < -0.4 is 16.0 Å². The Morgan fingerprint density at radius 2 is 1.97 bits per heavy atom. The summed E-state index contributed by atoms with van der Waals surface area (Å²) in [5.74, 6) is 0.513. The predicted molar refractivity (Wildman–Crippen MR) is 116 cm³/mol. The van der Waals surface area contributed by atoms with E-state index in [4.69, 9.17) is 0 Å². The third kappa shape index (κ3) is 3.84. The number of nitrogens with zero attached hydrogens (tertiary/aromatic N) is 2. The van der Waals surface area contributed by atoms with Crippen molar-refractivity contribution in [1.29, 1.82) is 0 Å². The number of urea groups is 1. The van der Waals surface area contributed by atoms with Crippen LogP contribution in [0.15, 0.2) is 66.2 Å². The summed E-state index contributed by atoms with van der Waals surface area (Å²) in [7, 11) is 2.15. The minimum atomic E-state index is -0.261. The Labute approximate surface area is 173 Å². The maximum atomic E-state index is 12.8. The van der Waals surface area contributed by atoms with E-state index in [1.54, 1.807) is 0 Å². The fourth-order valence-electron chi connectivity index (χ4n) is 4.48. The number of carbonyl (C=O) groups is 1. The molecule has 3 aliphatic rings. The first-order chi connectivity index (χ1) is 14.0. The van der Waals surface area contributed by atoms with Crippen LogP contribution in [-0.2, 0) is 6.54 Å². The van der Waals surface area contributed by atoms with E-state index in [9.17, 15) is 4.79 Å². The number of likely N-dealkylation sites (N-methyl/N-ethyl adjacent to an activating group) is 1. The second-order valence-corrected chi connectivity index (χ2v) is 8.41. The zero-order valence-corrected chi connectivity index (χ0v) is 17.5. The van der Waals surface area contributed by atoms with Crippen LogP contribution in [0.3, 0.4) is 0 Å². The van der Waals surface area contributed by atoms with E-state index < -0.39 is 0 Å². The molecule has 154 valence electrons. The molecule has 3 aliphatic heterocycles. The number of benzene rings is 1. The van der Waals surface area contributed by atoms with Gasteiger partial charge in [0.15, 0.2) is 0 Å². The van der Waals surface area contributed by atoms with Gasteiger partial charge < -0.3 is 25.8 Å². The topological polar surface area (TPSA) is 59.6 Å². The average Bonchev–Trinajstić information content (AvgIpc) is 3.14. The highest BCUT2D eigenvalue weighted by Gasteiger charge is 2.37. The van der Waals surface area contributed by atoms with Crippen molar-refractivity contribution < 1.29 is 4.79 Å². The Balaban J connectivity index is 1.45. The van der Waals surface area contributed by atoms with Crippen LogP contribution in [0, 0.1) is 5.92 Å². The first kappa shape index (κ1) is 19.4. The zero-order valence-electron chi connectivity index (χ0n) is 17.5. The van der Waals surface area contributed by atoms with Gasteiger partial charge in [0, 0.05) is 50.2 Å². The first-order valence-corrected chi connectivity index (χ1v) is 10.4. The molecule has 0 saturated carbocycles. The number of fused-ring (bicyclic) bond motifs is 1. The number of allylic oxidation sites excluding steroid dienone is 1. The van der Waals surface area contributed by atoms with Gasteiger partial charge in [0.1, 0.15) is 5.66 Å². The highest BCUT2D eigenvalue weighted by molar-refractivity contribution is 5.74. The Morgan fingerprint density at radius 1 is 1.24 bits per heavy atom. The number of likely N-dealkylation sites (tertiary alicyclic amines) is 1. The van der Waals surface area contributed by atoms with Gasteiger partial charge in [-0.2, -0.15) is 0 Å². The van der Waals surface area contributed by atoms with Gasteiger partial charge in [-0.15, -0.1) is 0 Å². The first-order valence-electron chi connectivity index (χ1n) is 10.4. The van der Waals surface area contributed by atoms with E-state index in [2.05, 4.69) is 53.9 Å². The van der Waals surface area contributed by atoms with Crippen LogP contribution in [0.25, 0.3) is 0 Å². The molecule has 0 radical (unpaired) electrons. The molecule has 0 bridgehead atoms. The lowest BCUT2D eigenvalue weighted by atomic mass is 9.90. The summed E-state index contributed by atoms with van der Waals surface area (Å²) in [5, 5.41) is 9.87. The van der Waals surface area contributed by atoms with E-state index in [0.717, 1.165) is 25.1 Å². The number of rotatable bonds is 4. The predicted octanol–water partition coefficient (Wildman–Crippen LogP) is 2.74. The molecule has 3 heterocycles. The van der Waals surface area contributed by atoms with Crippen molar-refractivity contribution in [1.82, 2.24) is 25.8 Å². The number of carbonyl (C=O) groups excluding carboxylic acids is 1. The Kier molecular flexibility index (Phi) is 5.26. The summed E-state index contributed by atoms with van der Waals surface area (Å²) in [5.41, 5.74) is 3.30. The fourth-order valence-corrected chi connectivity index (χ4v) is 4.48. The number of hydrogen-bond donors (Lipinski definition) is 3. The van der Waals surface area contributed by atoms with Gasteiger partial charge in [-0.05, 0) is 43.2 Å². The summed E-state index contributed by atoms with van der Waals surface area (Å²) in [4.78, 5) is 17.1. The fraction of sp³-hybridized carbons (Fsp3) is 0.435. The third-order valence-corrected chi connectivity index (χ3v) is 6.42. The molecule has 3 atom stereocenters. The van der Waals surface area contributed by atoms with Crippen LogP contribution >= 0.6 is 0 Å². The van der Waals surface area contributed by atoms with Crippen LogP contribution in [0.4, 0.5) is 4.79 Å². The molecule has 0 spiro atoms. The normalized spacial score (nSPS) is 27.9. The number of piperidine rings is 1. The van der Waals surface area contributed by atoms with Gasteiger partial charge in [-0.25, -0.2) is 4.79 Å². The molecule has 1 aromatic rings. The van der Waals surface area contributed by atoms with Gasteiger partial charge in [0.05, 0.1) is 0 Å². The second kappa shape index (κ2) is 7.85. The second-order valence-electron chi connectivity index (χ2n) is 8.41. The van der Waals surface area contributed by atoms with Crippen molar-refractivity contribution in [2.75, 3.05) is 20.1 Å². The van der Waals surface area contributed by atoms with E-state index in [1.807, 2.05) is 47.6 Å². The van der Waals surface area contributed by atoms with Gasteiger partial charge in [0.2, 0.25) is 0 Å². The zero-order chi connectivity index (χ0) is 20.4. The van der Waals surface area contributed by atoms with E-state index in [0.29, 0.717) is 12.5 Å². The van der Waals surface area contributed by atoms with Crippen LogP contribution in [0.1, 0.15) is 25.8 Å². The summed E-state index contributed by atoms with van der Waals surface area (Å²) >= 11 is 0. The molecular weight excluding hydrogens is 362 g/mol. The van der Waals surface area contributed by atoms with Crippen molar-refractivity contribution >= 4 is 6.03 Å². The monoisotopic (exact) mass is 393 g/mol.